The quantitative estimate of drug-likeness (QED) is 0.810. The van der Waals surface area contributed by atoms with E-state index in [1.165, 1.54) is 4.90 Å². The zero-order valence-corrected chi connectivity index (χ0v) is 13.2. The minimum absolute atomic E-state index is 0.0457. The number of likely N-dealkylation sites (N-methyl/N-ethyl adjacent to an activating group) is 1. The molecule has 0 saturated carbocycles. The van der Waals surface area contributed by atoms with Gasteiger partial charge in [0.2, 0.25) is 11.8 Å². The Bertz CT molecular complexity index is 712. The van der Waals surface area contributed by atoms with Gasteiger partial charge in [0.1, 0.15) is 12.4 Å². The minimum atomic E-state index is -0.514. The van der Waals surface area contributed by atoms with Gasteiger partial charge in [-0.2, -0.15) is 0 Å². The summed E-state index contributed by atoms with van der Waals surface area (Å²) in [6.07, 6.45) is 2.08. The van der Waals surface area contributed by atoms with E-state index in [9.17, 15) is 9.59 Å². The zero-order valence-electron chi connectivity index (χ0n) is 13.2. The number of hydrogen-bond donors (Lipinski definition) is 0. The van der Waals surface area contributed by atoms with Gasteiger partial charge in [-0.1, -0.05) is 30.3 Å². The van der Waals surface area contributed by atoms with Gasteiger partial charge in [0.15, 0.2) is 5.82 Å². The fourth-order valence-corrected chi connectivity index (χ4v) is 2.77. The van der Waals surface area contributed by atoms with E-state index in [4.69, 9.17) is 0 Å². The smallest absolute Gasteiger partial charge is 0.245 e. The SMILES string of the molecule is CN1CC(=O)N(Cc2nncn2C)[C@H](Cc2ccccc2)C1=O. The second kappa shape index (κ2) is 6.20. The summed E-state index contributed by atoms with van der Waals surface area (Å²) in [5.74, 6) is 0.542. The number of hydrogen-bond acceptors (Lipinski definition) is 4. The van der Waals surface area contributed by atoms with Crippen LogP contribution >= 0.6 is 0 Å². The van der Waals surface area contributed by atoms with Crippen LogP contribution in [0.5, 0.6) is 0 Å². The number of carbonyl (C=O) groups excluding carboxylic acids is 2. The molecule has 7 heteroatoms. The van der Waals surface area contributed by atoms with Gasteiger partial charge >= 0.3 is 0 Å². The Labute approximate surface area is 134 Å². The molecular weight excluding hydrogens is 294 g/mol. The maximum atomic E-state index is 12.6. The summed E-state index contributed by atoms with van der Waals surface area (Å²) >= 11 is 0. The van der Waals surface area contributed by atoms with Crippen molar-refractivity contribution < 1.29 is 9.59 Å². The third-order valence-electron chi connectivity index (χ3n) is 4.12. The third kappa shape index (κ3) is 3.08. The van der Waals surface area contributed by atoms with Gasteiger partial charge in [0.05, 0.1) is 13.1 Å². The molecule has 0 bridgehead atoms. The summed E-state index contributed by atoms with van der Waals surface area (Å²) in [5.41, 5.74) is 1.02. The predicted octanol–water partition coefficient (Wildman–Crippen LogP) is 0.227. The molecule has 0 unspecified atom stereocenters. The average molecular weight is 313 g/mol. The van der Waals surface area contributed by atoms with E-state index in [1.807, 2.05) is 37.4 Å². The first-order valence-corrected chi connectivity index (χ1v) is 7.47. The molecule has 23 heavy (non-hydrogen) atoms. The van der Waals surface area contributed by atoms with E-state index >= 15 is 0 Å². The Hall–Kier alpha value is -2.70. The predicted molar refractivity (Wildman–Crippen MR) is 83.1 cm³/mol. The summed E-state index contributed by atoms with van der Waals surface area (Å²) < 4.78 is 1.76. The molecule has 7 nitrogen and oxygen atoms in total. The van der Waals surface area contributed by atoms with Gasteiger partial charge in [0.25, 0.3) is 0 Å². The number of rotatable bonds is 4. The van der Waals surface area contributed by atoms with Crippen molar-refractivity contribution >= 4 is 11.8 Å². The second-order valence-electron chi connectivity index (χ2n) is 5.78. The highest BCUT2D eigenvalue weighted by molar-refractivity contribution is 5.94. The molecule has 1 fully saturated rings. The summed E-state index contributed by atoms with van der Waals surface area (Å²) in [4.78, 5) is 28.2. The Balaban J connectivity index is 1.87. The van der Waals surface area contributed by atoms with Gasteiger partial charge in [-0.05, 0) is 5.56 Å². The minimum Gasteiger partial charge on any atom is -0.335 e. The number of nitrogens with zero attached hydrogens (tertiary/aromatic N) is 5. The lowest BCUT2D eigenvalue weighted by Gasteiger charge is -2.38. The summed E-state index contributed by atoms with van der Waals surface area (Å²) in [7, 11) is 3.49. The molecule has 1 aliphatic rings. The molecule has 1 saturated heterocycles. The molecule has 1 aromatic carbocycles. The molecule has 2 amide bonds. The van der Waals surface area contributed by atoms with Crippen LogP contribution in [0.1, 0.15) is 11.4 Å². The highest BCUT2D eigenvalue weighted by Gasteiger charge is 2.38. The van der Waals surface area contributed by atoms with Crippen molar-refractivity contribution in [3.8, 4) is 0 Å². The lowest BCUT2D eigenvalue weighted by molar-refractivity contribution is -0.155. The molecule has 3 rings (SSSR count). The van der Waals surface area contributed by atoms with E-state index in [0.717, 1.165) is 5.56 Å². The lowest BCUT2D eigenvalue weighted by atomic mass is 10.0. The molecule has 0 aliphatic carbocycles. The van der Waals surface area contributed by atoms with Crippen molar-refractivity contribution in [2.24, 2.45) is 7.05 Å². The van der Waals surface area contributed by atoms with Crippen molar-refractivity contribution in [1.29, 1.82) is 0 Å². The number of aryl methyl sites for hydroxylation is 1. The van der Waals surface area contributed by atoms with Crippen molar-refractivity contribution in [3.05, 3.63) is 48.0 Å². The van der Waals surface area contributed by atoms with Crippen molar-refractivity contribution in [3.63, 3.8) is 0 Å². The highest BCUT2D eigenvalue weighted by Crippen LogP contribution is 2.18. The first kappa shape index (κ1) is 15.2. The standard InChI is InChI=1S/C16H19N5O2/c1-19-10-15(22)21(9-14-18-17-11-20(14)2)13(16(19)23)8-12-6-4-3-5-7-12/h3-7,11,13H,8-10H2,1-2H3/t13-/m1/s1. The Morgan fingerprint density at radius 1 is 1.17 bits per heavy atom. The van der Waals surface area contributed by atoms with Crippen molar-refractivity contribution in [2.75, 3.05) is 13.6 Å². The van der Waals surface area contributed by atoms with Crippen LogP contribution in [0.2, 0.25) is 0 Å². The van der Waals surface area contributed by atoms with Crippen LogP contribution in [0.3, 0.4) is 0 Å². The number of carbonyl (C=O) groups is 2. The van der Waals surface area contributed by atoms with Crippen LogP contribution in [0.4, 0.5) is 0 Å². The summed E-state index contributed by atoms with van der Waals surface area (Å²) in [6.45, 7) is 0.383. The normalized spacial score (nSPS) is 18.6. The first-order valence-electron chi connectivity index (χ1n) is 7.47. The lowest BCUT2D eigenvalue weighted by Crippen LogP contribution is -2.59. The largest absolute Gasteiger partial charge is 0.335 e. The van der Waals surface area contributed by atoms with E-state index in [1.54, 1.807) is 22.8 Å². The van der Waals surface area contributed by atoms with E-state index in [2.05, 4.69) is 10.2 Å². The number of amides is 2. The molecule has 120 valence electrons. The molecule has 2 aromatic rings. The maximum absolute atomic E-state index is 12.6. The average Bonchev–Trinajstić information content (AvgIpc) is 2.94. The van der Waals surface area contributed by atoms with E-state index < -0.39 is 6.04 Å². The van der Waals surface area contributed by atoms with Crippen LogP contribution in [-0.2, 0) is 29.6 Å². The zero-order chi connectivity index (χ0) is 16.4. The number of benzene rings is 1. The fraction of sp³-hybridized carbons (Fsp3) is 0.375. The molecule has 2 heterocycles. The molecule has 1 aromatic heterocycles. The number of aromatic nitrogens is 3. The van der Waals surface area contributed by atoms with E-state index in [0.29, 0.717) is 12.2 Å². The Morgan fingerprint density at radius 2 is 1.91 bits per heavy atom. The molecule has 0 radical (unpaired) electrons. The molecule has 0 N–H and O–H groups in total. The summed E-state index contributed by atoms with van der Waals surface area (Å²) in [5, 5.41) is 7.86. The monoisotopic (exact) mass is 313 g/mol. The fourth-order valence-electron chi connectivity index (χ4n) is 2.77. The molecule has 1 aliphatic heterocycles. The molecule has 1 atom stereocenters. The van der Waals surface area contributed by atoms with Crippen LogP contribution in [0.15, 0.2) is 36.7 Å². The first-order chi connectivity index (χ1) is 11.1. The van der Waals surface area contributed by atoms with Gasteiger partial charge in [-0.25, -0.2) is 0 Å². The van der Waals surface area contributed by atoms with Crippen LogP contribution in [0, 0.1) is 0 Å². The second-order valence-corrected chi connectivity index (χ2v) is 5.78. The summed E-state index contributed by atoms with van der Waals surface area (Å²) in [6, 6.07) is 9.21. The van der Waals surface area contributed by atoms with Crippen LogP contribution in [-0.4, -0.2) is 56.0 Å². The van der Waals surface area contributed by atoms with Gasteiger partial charge in [-0.3, -0.25) is 9.59 Å². The van der Waals surface area contributed by atoms with Crippen LogP contribution in [0.25, 0.3) is 0 Å². The van der Waals surface area contributed by atoms with Crippen molar-refractivity contribution in [1.82, 2.24) is 24.6 Å². The maximum Gasteiger partial charge on any atom is 0.245 e. The topological polar surface area (TPSA) is 71.3 Å². The third-order valence-corrected chi connectivity index (χ3v) is 4.12. The van der Waals surface area contributed by atoms with E-state index in [-0.39, 0.29) is 24.9 Å². The van der Waals surface area contributed by atoms with Crippen molar-refractivity contribution in [2.45, 2.75) is 19.0 Å². The molecular formula is C16H19N5O2. The van der Waals surface area contributed by atoms with Gasteiger partial charge in [-0.15, -0.1) is 10.2 Å². The Morgan fingerprint density at radius 3 is 2.57 bits per heavy atom. The van der Waals surface area contributed by atoms with Gasteiger partial charge < -0.3 is 14.4 Å². The Kier molecular flexibility index (Phi) is 4.10. The number of piperazine rings is 1. The molecule has 0 spiro atoms. The van der Waals surface area contributed by atoms with Gasteiger partial charge in [0, 0.05) is 20.5 Å². The highest BCUT2D eigenvalue weighted by atomic mass is 16.2. The van der Waals surface area contributed by atoms with Crippen LogP contribution < -0.4 is 0 Å².